The van der Waals surface area contributed by atoms with Gasteiger partial charge < -0.3 is 61.6 Å². The van der Waals surface area contributed by atoms with Crippen molar-refractivity contribution in [1.29, 1.82) is 0 Å². The quantitative estimate of drug-likeness (QED) is 0.0424. The molecule has 0 aromatic rings. The van der Waals surface area contributed by atoms with Gasteiger partial charge >= 0.3 is 17.7 Å². The van der Waals surface area contributed by atoms with Crippen LogP contribution in [0.15, 0.2) is 0 Å². The van der Waals surface area contributed by atoms with Crippen LogP contribution in [-0.2, 0) is 66.5 Å². The first-order chi connectivity index (χ1) is 33.5. The second kappa shape index (κ2) is 33.6. The first-order valence-corrected chi connectivity index (χ1v) is 28.2. The van der Waals surface area contributed by atoms with Gasteiger partial charge in [0.1, 0.15) is 0 Å². The minimum absolute atomic E-state index is 0.00765. The van der Waals surface area contributed by atoms with Gasteiger partial charge in [-0.1, -0.05) is 109 Å². The summed E-state index contributed by atoms with van der Waals surface area (Å²) in [6.45, 7) is 44.5. The molecule has 0 radical (unpaired) electrons. The zero-order valence-electron chi connectivity index (χ0n) is 50.8. The molecule has 0 rings (SSSR count). The standard InChI is InChI=1S/C57H115FO14/c1-24-30-34-40-62-54(63-42-36-45(7)8,55(69-48(13)27-4,70-50(17,18)19)57(68-47(11)12,65-39-31-25-2)66-43-46(9)10)52(22,67-44-49(14,15)16)56(72-58,71-51(20,21)28-5)64-41-35-32-33-37-53(59-23,60-29-6)61-38-26-3/h45-48H,24-44H2,1-23H3. The summed E-state index contributed by atoms with van der Waals surface area (Å²) in [4.78, 5) is 5.45. The Labute approximate surface area is 441 Å². The fraction of sp³-hybridized carbons (Fsp3) is 1.00. The lowest BCUT2D eigenvalue weighted by Gasteiger charge is -2.63. The third-order valence-corrected chi connectivity index (χ3v) is 12.1. The molecule has 0 heterocycles. The predicted octanol–water partition coefficient (Wildman–Crippen LogP) is 14.8. The Morgan fingerprint density at radius 3 is 1.57 bits per heavy atom. The SMILES string of the molecule is CCCCCOC(OCCC(C)C)(C(C)(OCC(C)(C)C)C(OF)(OCCCCCC(OC)(OCC)OCCC)OC(C)(C)CC)C(OC(C)CC)(OC(C)(C)C)C(OCCCC)(OCC(C)C)OC(C)C. The maximum atomic E-state index is 17.4. The molecule has 0 aliphatic rings. The molecule has 434 valence electrons. The van der Waals surface area contributed by atoms with Crippen LogP contribution in [0.5, 0.6) is 0 Å². The van der Waals surface area contributed by atoms with Gasteiger partial charge in [0, 0.05) is 20.1 Å². The predicted molar refractivity (Wildman–Crippen MR) is 285 cm³/mol. The Balaban J connectivity index is 9.67. The van der Waals surface area contributed by atoms with Crippen LogP contribution in [0.4, 0.5) is 4.53 Å². The molecule has 15 heteroatoms. The molecule has 0 aromatic carbocycles. The molecule has 0 amide bonds. The van der Waals surface area contributed by atoms with Crippen molar-refractivity contribution in [2.45, 2.75) is 294 Å². The van der Waals surface area contributed by atoms with Crippen molar-refractivity contribution < 1.29 is 71.0 Å². The topological polar surface area (TPSA) is 129 Å². The van der Waals surface area contributed by atoms with Crippen LogP contribution >= 0.6 is 0 Å². The van der Waals surface area contributed by atoms with Crippen molar-refractivity contribution in [1.82, 2.24) is 0 Å². The number of rotatable bonds is 45. The van der Waals surface area contributed by atoms with Gasteiger partial charge in [-0.15, -0.1) is 4.94 Å². The summed E-state index contributed by atoms with van der Waals surface area (Å²) in [6, 6.07) is 0. The minimum Gasteiger partial charge on any atom is -0.361 e. The molecular formula is C57H115FO14. The van der Waals surface area contributed by atoms with E-state index >= 15 is 4.53 Å². The molecule has 0 fully saturated rings. The van der Waals surface area contributed by atoms with Crippen molar-refractivity contribution >= 4 is 0 Å². The van der Waals surface area contributed by atoms with Crippen LogP contribution in [0.3, 0.4) is 0 Å². The van der Waals surface area contributed by atoms with E-state index in [4.69, 9.17) is 66.5 Å². The molecular weight excluding hydrogens is 928 g/mol. The van der Waals surface area contributed by atoms with Crippen LogP contribution in [0.1, 0.15) is 236 Å². The zero-order valence-corrected chi connectivity index (χ0v) is 50.8. The highest BCUT2D eigenvalue weighted by Gasteiger charge is 2.85. The maximum absolute atomic E-state index is 17.4. The number of hydrogen-bond acceptors (Lipinski definition) is 14. The number of unbranched alkanes of at least 4 members (excludes halogenated alkanes) is 5. The van der Waals surface area contributed by atoms with Crippen molar-refractivity contribution in [3.63, 3.8) is 0 Å². The van der Waals surface area contributed by atoms with E-state index in [9.17, 15) is 0 Å². The van der Waals surface area contributed by atoms with Crippen molar-refractivity contribution in [2.75, 3.05) is 60.0 Å². The Morgan fingerprint density at radius 1 is 0.500 bits per heavy atom. The van der Waals surface area contributed by atoms with Crippen LogP contribution in [0.25, 0.3) is 0 Å². The zero-order chi connectivity index (χ0) is 55.6. The Kier molecular flexibility index (Phi) is 33.3. The van der Waals surface area contributed by atoms with E-state index in [1.807, 2.05) is 118 Å². The van der Waals surface area contributed by atoms with Crippen molar-refractivity contribution in [3.05, 3.63) is 0 Å². The van der Waals surface area contributed by atoms with Gasteiger partial charge in [-0.2, -0.15) is 0 Å². The molecule has 0 saturated carbocycles. The highest BCUT2D eigenvalue weighted by molar-refractivity contribution is 5.14. The number of ether oxygens (including phenoxy) is 13. The largest absolute Gasteiger partial charge is 0.361 e. The summed E-state index contributed by atoms with van der Waals surface area (Å²) < 4.78 is 109. The lowest BCUT2D eigenvalue weighted by Crippen LogP contribution is -2.86. The third kappa shape index (κ3) is 22.0. The molecule has 0 aromatic heterocycles. The summed E-state index contributed by atoms with van der Waals surface area (Å²) in [5, 5.41) is 0. The first kappa shape index (κ1) is 71.4. The van der Waals surface area contributed by atoms with Gasteiger partial charge in [0.2, 0.25) is 5.60 Å². The van der Waals surface area contributed by atoms with Gasteiger partial charge in [0.25, 0.3) is 11.8 Å². The summed E-state index contributed by atoms with van der Waals surface area (Å²) in [5.41, 5.74) is -5.14. The van der Waals surface area contributed by atoms with Crippen LogP contribution in [-0.4, -0.2) is 118 Å². The lowest BCUT2D eigenvalue weighted by atomic mass is 9.80. The molecule has 7 atom stereocenters. The number of methoxy groups -OCH3 is 1. The van der Waals surface area contributed by atoms with Crippen LogP contribution in [0, 0.1) is 17.3 Å². The molecule has 0 bridgehead atoms. The lowest BCUT2D eigenvalue weighted by molar-refractivity contribution is -0.615. The first-order valence-electron chi connectivity index (χ1n) is 28.2. The average Bonchev–Trinajstić information content (AvgIpc) is 3.29. The molecule has 0 aliphatic heterocycles. The normalized spacial score (nSPS) is 18.7. The molecule has 72 heavy (non-hydrogen) atoms. The molecule has 0 aliphatic carbocycles. The summed E-state index contributed by atoms with van der Waals surface area (Å²) in [6.07, 6.45) is 6.82. The fourth-order valence-corrected chi connectivity index (χ4v) is 7.71. The molecule has 0 saturated heterocycles. The van der Waals surface area contributed by atoms with E-state index in [0.717, 1.165) is 25.7 Å². The highest BCUT2D eigenvalue weighted by atomic mass is 19.3. The van der Waals surface area contributed by atoms with Crippen LogP contribution in [0.2, 0.25) is 0 Å². The third-order valence-electron chi connectivity index (χ3n) is 12.1. The maximum Gasteiger partial charge on any atom is 0.353 e. The van der Waals surface area contributed by atoms with Gasteiger partial charge in [-0.05, 0) is 142 Å². The summed E-state index contributed by atoms with van der Waals surface area (Å²) in [5.74, 6) is -11.2. The van der Waals surface area contributed by atoms with E-state index in [0.29, 0.717) is 71.0 Å². The Bertz CT molecular complexity index is 1370. The number of hydrogen-bond donors (Lipinski definition) is 0. The second-order valence-corrected chi connectivity index (χ2v) is 23.6. The summed E-state index contributed by atoms with van der Waals surface area (Å²) in [7, 11) is 1.59. The number of halogens is 1. The molecule has 0 spiro atoms. The van der Waals surface area contributed by atoms with Gasteiger partial charge in [-0.3, -0.25) is 0 Å². The monoisotopic (exact) mass is 1040 g/mol. The summed E-state index contributed by atoms with van der Waals surface area (Å²) >= 11 is 0. The smallest absolute Gasteiger partial charge is 0.353 e. The van der Waals surface area contributed by atoms with E-state index in [1.165, 1.54) is 0 Å². The van der Waals surface area contributed by atoms with E-state index in [1.54, 1.807) is 14.0 Å². The molecule has 0 N–H and O–H groups in total. The fourth-order valence-electron chi connectivity index (χ4n) is 7.71. The van der Waals surface area contributed by atoms with Crippen molar-refractivity contribution in [2.24, 2.45) is 17.3 Å². The van der Waals surface area contributed by atoms with Crippen LogP contribution < -0.4 is 0 Å². The average molecular weight is 1040 g/mol. The Morgan fingerprint density at radius 2 is 1.08 bits per heavy atom. The van der Waals surface area contributed by atoms with Gasteiger partial charge in [0.05, 0.1) is 69.7 Å². The molecule has 7 unspecified atom stereocenters. The van der Waals surface area contributed by atoms with Gasteiger partial charge in [0.15, 0.2) is 0 Å². The van der Waals surface area contributed by atoms with Crippen molar-refractivity contribution in [3.8, 4) is 0 Å². The molecule has 14 nitrogen and oxygen atoms in total. The van der Waals surface area contributed by atoms with E-state index in [2.05, 4.69) is 27.7 Å². The Hall–Kier alpha value is -0.630. The highest BCUT2D eigenvalue weighted by Crippen LogP contribution is 2.59. The van der Waals surface area contributed by atoms with E-state index in [-0.39, 0.29) is 51.5 Å². The minimum atomic E-state index is -2.79. The van der Waals surface area contributed by atoms with Gasteiger partial charge in [-0.25, -0.2) is 0 Å². The van der Waals surface area contributed by atoms with E-state index < -0.39 is 63.9 Å². The second-order valence-electron chi connectivity index (χ2n) is 23.6.